The third-order valence-corrected chi connectivity index (χ3v) is 5.89. The zero-order valence-electron chi connectivity index (χ0n) is 15.9. The van der Waals surface area contributed by atoms with E-state index in [9.17, 15) is 4.79 Å². The molecule has 0 radical (unpaired) electrons. The zero-order valence-corrected chi connectivity index (χ0v) is 16.7. The van der Waals surface area contributed by atoms with Crippen LogP contribution in [0.2, 0.25) is 0 Å². The van der Waals surface area contributed by atoms with E-state index in [0.717, 1.165) is 17.0 Å². The quantitative estimate of drug-likeness (QED) is 0.630. The number of rotatable bonds is 4. The summed E-state index contributed by atoms with van der Waals surface area (Å²) in [5, 5.41) is 8.79. The number of ketones is 1. The van der Waals surface area contributed by atoms with Crippen molar-refractivity contribution < 1.29 is 4.79 Å². The minimum absolute atomic E-state index is 0.156. The Hall–Kier alpha value is -2.34. The minimum Gasteiger partial charge on any atom is -0.328 e. The molecule has 0 amide bonds. The van der Waals surface area contributed by atoms with Crippen molar-refractivity contribution in [1.29, 1.82) is 0 Å². The molecule has 4 rings (SSSR count). The smallest absolute Gasteiger partial charge is 0.227 e. The molecule has 2 aromatic rings. The Labute approximate surface area is 164 Å². The highest BCUT2D eigenvalue weighted by molar-refractivity contribution is 7.99. The number of carbonyl (C=O) groups excluding carboxylic acids is 1. The molecular formula is C21H24N4OS. The molecule has 27 heavy (non-hydrogen) atoms. The van der Waals surface area contributed by atoms with Gasteiger partial charge in [-0.25, -0.2) is 4.68 Å². The molecular weight excluding hydrogens is 356 g/mol. The van der Waals surface area contributed by atoms with Crippen molar-refractivity contribution in [2.75, 3.05) is 11.1 Å². The summed E-state index contributed by atoms with van der Waals surface area (Å²) in [4.78, 5) is 17.8. The summed E-state index contributed by atoms with van der Waals surface area (Å²) in [5.74, 6) is 1.43. The molecule has 0 bridgehead atoms. The van der Waals surface area contributed by atoms with E-state index in [0.29, 0.717) is 17.5 Å². The summed E-state index contributed by atoms with van der Waals surface area (Å²) in [5.41, 5.74) is 3.07. The summed E-state index contributed by atoms with van der Waals surface area (Å²) < 4.78 is 1.88. The normalized spacial score (nSPS) is 23.1. The molecule has 1 aliphatic carbocycles. The maximum absolute atomic E-state index is 13.1. The highest BCUT2D eigenvalue weighted by Gasteiger charge is 2.45. The number of thioether (sulfide) groups is 1. The number of nitrogens with one attached hydrogen (secondary N) is 1. The number of carbonyl (C=O) groups is 1. The molecule has 0 fully saturated rings. The molecule has 0 spiro atoms. The van der Waals surface area contributed by atoms with Crippen molar-refractivity contribution in [2.45, 2.75) is 38.4 Å². The van der Waals surface area contributed by atoms with Gasteiger partial charge in [0, 0.05) is 17.9 Å². The van der Waals surface area contributed by atoms with Crippen molar-refractivity contribution in [3.05, 3.63) is 59.8 Å². The van der Waals surface area contributed by atoms with Gasteiger partial charge in [0.1, 0.15) is 5.78 Å². The molecule has 0 saturated carbocycles. The van der Waals surface area contributed by atoms with E-state index in [2.05, 4.69) is 68.0 Å². The molecule has 1 aliphatic heterocycles. The van der Waals surface area contributed by atoms with Crippen LogP contribution in [0.3, 0.4) is 0 Å². The third kappa shape index (κ3) is 3.34. The van der Waals surface area contributed by atoms with Gasteiger partial charge in [0.25, 0.3) is 0 Å². The molecule has 0 saturated heterocycles. The molecule has 5 nitrogen and oxygen atoms in total. The Kier molecular flexibility index (Phi) is 4.46. The first kappa shape index (κ1) is 18.0. The molecule has 1 aromatic heterocycles. The molecule has 0 unspecified atom stereocenters. The lowest BCUT2D eigenvalue weighted by atomic mass is 9.72. The number of hydrogen-bond acceptors (Lipinski definition) is 5. The van der Waals surface area contributed by atoms with E-state index in [1.165, 1.54) is 5.56 Å². The summed E-state index contributed by atoms with van der Waals surface area (Å²) in [6, 6.07) is 8.18. The van der Waals surface area contributed by atoms with E-state index in [-0.39, 0.29) is 23.2 Å². The number of hydrogen-bond donors (Lipinski definition) is 1. The Morgan fingerprint density at radius 1 is 1.37 bits per heavy atom. The first-order valence-corrected chi connectivity index (χ1v) is 10.2. The van der Waals surface area contributed by atoms with Crippen LogP contribution in [-0.2, 0) is 4.79 Å². The summed E-state index contributed by atoms with van der Waals surface area (Å²) in [6.07, 6.45) is 4.56. The summed E-state index contributed by atoms with van der Waals surface area (Å²) in [6.45, 7) is 10.0. The number of anilines is 1. The number of nitrogens with zero attached hydrogens (tertiary/aromatic N) is 3. The van der Waals surface area contributed by atoms with E-state index in [4.69, 9.17) is 5.10 Å². The van der Waals surface area contributed by atoms with Crippen molar-refractivity contribution in [2.24, 2.45) is 11.3 Å². The largest absolute Gasteiger partial charge is 0.328 e. The maximum atomic E-state index is 13.1. The van der Waals surface area contributed by atoms with Gasteiger partial charge in [-0.15, -0.1) is 11.7 Å². The number of Topliss-reactive ketones (excluding diaryl/α,β-unsaturated/α-hetero) is 1. The molecule has 2 heterocycles. The fourth-order valence-electron chi connectivity index (χ4n) is 3.90. The Bertz CT molecular complexity index is 926. The van der Waals surface area contributed by atoms with Crippen LogP contribution in [-0.4, -0.2) is 26.3 Å². The van der Waals surface area contributed by atoms with Crippen LogP contribution in [0.25, 0.3) is 0 Å². The molecule has 140 valence electrons. The predicted molar refractivity (Wildman–Crippen MR) is 109 cm³/mol. The Morgan fingerprint density at radius 2 is 2.11 bits per heavy atom. The van der Waals surface area contributed by atoms with E-state index < -0.39 is 0 Å². The lowest BCUT2D eigenvalue weighted by Crippen LogP contribution is -2.42. The SMILES string of the molecule is C=CCSc1nc2n(n1)[C@@H](c1ccc(C)cc1)[C@@H]1C(=O)CC(C)(C)C=C1N2. The molecule has 1 N–H and O–H groups in total. The minimum atomic E-state index is -0.257. The van der Waals surface area contributed by atoms with Crippen molar-refractivity contribution in [3.8, 4) is 0 Å². The number of aryl methyl sites for hydroxylation is 1. The molecule has 2 aliphatic rings. The average Bonchev–Trinajstić information content (AvgIpc) is 3.00. The number of benzene rings is 1. The summed E-state index contributed by atoms with van der Waals surface area (Å²) in [7, 11) is 0. The van der Waals surface area contributed by atoms with Crippen LogP contribution in [0, 0.1) is 18.3 Å². The second-order valence-corrected chi connectivity index (χ2v) is 8.94. The highest BCUT2D eigenvalue weighted by Crippen LogP contribution is 2.45. The topological polar surface area (TPSA) is 59.8 Å². The number of aromatic nitrogens is 3. The fraction of sp³-hybridized carbons (Fsp3) is 0.381. The van der Waals surface area contributed by atoms with Gasteiger partial charge in [-0.05, 0) is 17.9 Å². The van der Waals surface area contributed by atoms with Gasteiger partial charge < -0.3 is 5.32 Å². The van der Waals surface area contributed by atoms with E-state index in [1.807, 2.05) is 10.8 Å². The lowest BCUT2D eigenvalue weighted by molar-refractivity contribution is -0.125. The Morgan fingerprint density at radius 3 is 2.81 bits per heavy atom. The third-order valence-electron chi connectivity index (χ3n) is 5.05. The highest BCUT2D eigenvalue weighted by atomic mass is 32.2. The fourth-order valence-corrected chi connectivity index (χ4v) is 4.46. The van der Waals surface area contributed by atoms with Crippen molar-refractivity contribution in [3.63, 3.8) is 0 Å². The monoisotopic (exact) mass is 380 g/mol. The second kappa shape index (κ2) is 6.68. The van der Waals surface area contributed by atoms with E-state index in [1.54, 1.807) is 11.8 Å². The maximum Gasteiger partial charge on any atom is 0.227 e. The van der Waals surface area contributed by atoms with Crippen molar-refractivity contribution >= 4 is 23.5 Å². The average molecular weight is 381 g/mol. The molecule has 6 heteroatoms. The van der Waals surface area contributed by atoms with Gasteiger partial charge in [0.15, 0.2) is 0 Å². The standard InChI is InChI=1S/C21H24N4OS/c1-5-10-27-20-23-19-22-15-11-21(3,4)12-16(26)17(15)18(25(19)24-20)14-8-6-13(2)7-9-14/h5-9,11,17-18H,1,10,12H2,2-4H3,(H,22,23,24)/t17-,18-/m0/s1. The van der Waals surface area contributed by atoms with Crippen LogP contribution >= 0.6 is 11.8 Å². The zero-order chi connectivity index (χ0) is 19.2. The first-order chi connectivity index (χ1) is 12.9. The van der Waals surface area contributed by atoms with Gasteiger partial charge >= 0.3 is 0 Å². The van der Waals surface area contributed by atoms with Crippen LogP contribution in [0.15, 0.2) is 53.8 Å². The first-order valence-electron chi connectivity index (χ1n) is 9.17. The van der Waals surface area contributed by atoms with Crippen LogP contribution < -0.4 is 5.32 Å². The van der Waals surface area contributed by atoms with Gasteiger partial charge in [-0.3, -0.25) is 4.79 Å². The number of fused-ring (bicyclic) bond motifs is 2. The van der Waals surface area contributed by atoms with Crippen LogP contribution in [0.1, 0.15) is 37.4 Å². The number of allylic oxidation sites excluding steroid dienone is 2. The van der Waals surface area contributed by atoms with Crippen LogP contribution in [0.5, 0.6) is 0 Å². The van der Waals surface area contributed by atoms with Gasteiger partial charge in [0.2, 0.25) is 11.1 Å². The Balaban J connectivity index is 1.85. The van der Waals surface area contributed by atoms with Gasteiger partial charge in [-0.1, -0.05) is 67.6 Å². The molecule has 2 atom stereocenters. The predicted octanol–water partition coefficient (Wildman–Crippen LogP) is 4.38. The van der Waals surface area contributed by atoms with Gasteiger partial charge in [-0.2, -0.15) is 4.98 Å². The van der Waals surface area contributed by atoms with Crippen molar-refractivity contribution in [1.82, 2.24) is 14.8 Å². The van der Waals surface area contributed by atoms with Gasteiger partial charge in [0.05, 0.1) is 12.0 Å². The van der Waals surface area contributed by atoms with Crippen LogP contribution in [0.4, 0.5) is 5.95 Å². The lowest BCUT2D eigenvalue weighted by Gasteiger charge is -2.40. The summed E-state index contributed by atoms with van der Waals surface area (Å²) >= 11 is 1.54. The van der Waals surface area contributed by atoms with E-state index >= 15 is 0 Å². The second-order valence-electron chi connectivity index (χ2n) is 7.95. The molecule has 1 aromatic carbocycles.